The molecule has 0 saturated heterocycles. The van der Waals surface area contributed by atoms with Crippen molar-refractivity contribution in [1.82, 2.24) is 5.32 Å². The summed E-state index contributed by atoms with van der Waals surface area (Å²) in [5, 5.41) is 13.5. The van der Waals surface area contributed by atoms with Crippen LogP contribution in [0.15, 0.2) is 48.5 Å². The lowest BCUT2D eigenvalue weighted by Crippen LogP contribution is -2.26. The molecular weight excluding hydrogens is 342 g/mol. The minimum absolute atomic E-state index is 0.0886. The molecule has 1 unspecified atom stereocenters. The number of aliphatic hydroxyl groups excluding tert-OH is 1. The van der Waals surface area contributed by atoms with Crippen LogP contribution in [-0.2, 0) is 4.79 Å². The predicted molar refractivity (Wildman–Crippen MR) is 95.9 cm³/mol. The minimum atomic E-state index is -0.839. The summed E-state index contributed by atoms with van der Waals surface area (Å²) in [6.45, 7) is 1.09. The molecule has 3 rings (SSSR count). The lowest BCUT2D eigenvalue weighted by atomic mass is 10.1. The number of halogens is 1. The molecule has 6 heteroatoms. The fraction of sp³-hybridized carbons (Fsp3) is 0.211. The molecule has 0 aromatic heterocycles. The minimum Gasteiger partial charge on any atom is -0.486 e. The normalized spacial score (nSPS) is 14.3. The lowest BCUT2D eigenvalue weighted by Gasteiger charge is -2.20. The first-order chi connectivity index (χ1) is 12.1. The summed E-state index contributed by atoms with van der Waals surface area (Å²) in [7, 11) is 0. The van der Waals surface area contributed by atoms with E-state index in [1.54, 1.807) is 30.3 Å². The maximum Gasteiger partial charge on any atom is 0.244 e. The van der Waals surface area contributed by atoms with Crippen LogP contribution in [0, 0.1) is 0 Å². The van der Waals surface area contributed by atoms with Gasteiger partial charge in [-0.2, -0.15) is 0 Å². The van der Waals surface area contributed by atoms with Gasteiger partial charge in [-0.3, -0.25) is 4.79 Å². The molecule has 5 nitrogen and oxygen atoms in total. The van der Waals surface area contributed by atoms with Crippen LogP contribution in [0.2, 0.25) is 5.02 Å². The quantitative estimate of drug-likeness (QED) is 0.805. The van der Waals surface area contributed by atoms with Crippen LogP contribution in [0.25, 0.3) is 6.08 Å². The molecule has 0 radical (unpaired) electrons. The second-order valence-corrected chi connectivity index (χ2v) is 5.93. The molecule has 0 aliphatic carbocycles. The zero-order chi connectivity index (χ0) is 17.6. The van der Waals surface area contributed by atoms with Crippen LogP contribution >= 0.6 is 11.6 Å². The monoisotopic (exact) mass is 359 g/mol. The second kappa shape index (κ2) is 8.05. The third kappa shape index (κ3) is 4.53. The van der Waals surface area contributed by atoms with Crippen molar-refractivity contribution >= 4 is 23.6 Å². The van der Waals surface area contributed by atoms with Gasteiger partial charge in [-0.25, -0.2) is 0 Å². The van der Waals surface area contributed by atoms with Gasteiger partial charge in [0.25, 0.3) is 0 Å². The number of nitrogens with one attached hydrogen (secondary N) is 1. The van der Waals surface area contributed by atoms with Crippen molar-refractivity contribution in [3.63, 3.8) is 0 Å². The van der Waals surface area contributed by atoms with E-state index < -0.39 is 6.10 Å². The maximum atomic E-state index is 11.9. The standard InChI is InChI=1S/C19H18ClNO4/c20-15-4-2-1-3-13(15)6-8-19(23)21-12-16(22)14-5-7-17-18(11-14)25-10-9-24-17/h1-8,11,16,22H,9-10,12H2,(H,21,23). The topological polar surface area (TPSA) is 67.8 Å². The highest BCUT2D eigenvalue weighted by Crippen LogP contribution is 2.32. The van der Waals surface area contributed by atoms with Crippen molar-refractivity contribution in [3.05, 3.63) is 64.7 Å². The Labute approximate surface area is 150 Å². The van der Waals surface area contributed by atoms with Gasteiger partial charge in [0.05, 0.1) is 6.10 Å². The number of aliphatic hydroxyl groups is 1. The van der Waals surface area contributed by atoms with Crippen molar-refractivity contribution in [2.45, 2.75) is 6.10 Å². The molecule has 1 heterocycles. The van der Waals surface area contributed by atoms with Crippen molar-refractivity contribution in [2.75, 3.05) is 19.8 Å². The molecule has 1 aliphatic heterocycles. The zero-order valence-corrected chi connectivity index (χ0v) is 14.2. The van der Waals surface area contributed by atoms with Gasteiger partial charge < -0.3 is 19.9 Å². The summed E-state index contributed by atoms with van der Waals surface area (Å²) in [5.74, 6) is 0.957. The van der Waals surface area contributed by atoms with E-state index in [-0.39, 0.29) is 12.5 Å². The van der Waals surface area contributed by atoms with E-state index in [2.05, 4.69) is 5.32 Å². The maximum absolute atomic E-state index is 11.9. The van der Waals surface area contributed by atoms with Crippen molar-refractivity contribution < 1.29 is 19.4 Å². The van der Waals surface area contributed by atoms with Crippen molar-refractivity contribution in [1.29, 1.82) is 0 Å². The van der Waals surface area contributed by atoms with Gasteiger partial charge in [0.1, 0.15) is 13.2 Å². The Kier molecular flexibility index (Phi) is 5.58. The molecule has 25 heavy (non-hydrogen) atoms. The Morgan fingerprint density at radius 1 is 1.20 bits per heavy atom. The van der Waals surface area contributed by atoms with E-state index in [4.69, 9.17) is 21.1 Å². The summed E-state index contributed by atoms with van der Waals surface area (Å²) in [6.07, 6.45) is 2.18. The van der Waals surface area contributed by atoms with E-state index in [9.17, 15) is 9.90 Å². The van der Waals surface area contributed by atoms with E-state index in [0.29, 0.717) is 35.3 Å². The Morgan fingerprint density at radius 2 is 1.96 bits per heavy atom. The van der Waals surface area contributed by atoms with Gasteiger partial charge in [-0.15, -0.1) is 0 Å². The molecule has 2 N–H and O–H groups in total. The highest BCUT2D eigenvalue weighted by molar-refractivity contribution is 6.32. The molecule has 130 valence electrons. The largest absolute Gasteiger partial charge is 0.486 e. The third-order valence-corrected chi connectivity index (χ3v) is 4.08. The Bertz CT molecular complexity index is 791. The first-order valence-electron chi connectivity index (χ1n) is 7.91. The van der Waals surface area contributed by atoms with Crippen LogP contribution in [0.3, 0.4) is 0 Å². The van der Waals surface area contributed by atoms with Crippen LogP contribution in [0.5, 0.6) is 11.5 Å². The van der Waals surface area contributed by atoms with Gasteiger partial charge in [-0.05, 0) is 35.4 Å². The lowest BCUT2D eigenvalue weighted by molar-refractivity contribution is -0.116. The van der Waals surface area contributed by atoms with Crippen molar-refractivity contribution in [2.24, 2.45) is 0 Å². The Morgan fingerprint density at radius 3 is 2.76 bits per heavy atom. The number of rotatable bonds is 5. The fourth-order valence-electron chi connectivity index (χ4n) is 2.42. The third-order valence-electron chi connectivity index (χ3n) is 3.74. The summed E-state index contributed by atoms with van der Waals surface area (Å²) in [6, 6.07) is 12.5. The number of ether oxygens (including phenoxy) is 2. The predicted octanol–water partition coefficient (Wildman–Crippen LogP) is 2.97. The summed E-state index contributed by atoms with van der Waals surface area (Å²) >= 11 is 6.03. The smallest absolute Gasteiger partial charge is 0.244 e. The number of benzene rings is 2. The molecule has 2 aromatic carbocycles. The highest BCUT2D eigenvalue weighted by Gasteiger charge is 2.15. The average molecular weight is 360 g/mol. The zero-order valence-electron chi connectivity index (χ0n) is 13.4. The van der Waals surface area contributed by atoms with Gasteiger partial charge in [0, 0.05) is 17.6 Å². The van der Waals surface area contributed by atoms with Crippen LogP contribution in [-0.4, -0.2) is 30.8 Å². The molecule has 0 spiro atoms. The number of hydrogen-bond donors (Lipinski definition) is 2. The number of fused-ring (bicyclic) bond motifs is 1. The molecule has 0 bridgehead atoms. The van der Waals surface area contributed by atoms with E-state index >= 15 is 0 Å². The summed E-state index contributed by atoms with van der Waals surface area (Å²) < 4.78 is 10.9. The molecule has 1 aliphatic rings. The molecule has 1 amide bonds. The first-order valence-corrected chi connectivity index (χ1v) is 8.29. The Hall–Kier alpha value is -2.50. The van der Waals surface area contributed by atoms with Crippen LogP contribution < -0.4 is 14.8 Å². The fourth-order valence-corrected chi connectivity index (χ4v) is 2.62. The van der Waals surface area contributed by atoms with E-state index in [1.165, 1.54) is 6.08 Å². The van der Waals surface area contributed by atoms with Gasteiger partial charge in [-0.1, -0.05) is 35.9 Å². The van der Waals surface area contributed by atoms with E-state index in [1.807, 2.05) is 18.2 Å². The Balaban J connectivity index is 1.56. The summed E-state index contributed by atoms with van der Waals surface area (Å²) in [5.41, 5.74) is 1.41. The molecule has 2 aromatic rings. The van der Waals surface area contributed by atoms with Gasteiger partial charge in [0.15, 0.2) is 11.5 Å². The number of hydrogen-bond acceptors (Lipinski definition) is 4. The highest BCUT2D eigenvalue weighted by atomic mass is 35.5. The van der Waals surface area contributed by atoms with Crippen LogP contribution in [0.4, 0.5) is 0 Å². The molecular formula is C19H18ClNO4. The average Bonchev–Trinajstić information content (AvgIpc) is 2.65. The molecule has 0 saturated carbocycles. The van der Waals surface area contributed by atoms with E-state index in [0.717, 1.165) is 5.56 Å². The number of amides is 1. The van der Waals surface area contributed by atoms with Crippen LogP contribution in [0.1, 0.15) is 17.2 Å². The first kappa shape index (κ1) is 17.3. The SMILES string of the molecule is O=C(C=Cc1ccccc1Cl)NCC(O)c1ccc2c(c1)OCCO2. The second-order valence-electron chi connectivity index (χ2n) is 5.52. The van der Waals surface area contributed by atoms with Gasteiger partial charge >= 0.3 is 0 Å². The van der Waals surface area contributed by atoms with Gasteiger partial charge in [0.2, 0.25) is 5.91 Å². The number of carbonyl (C=O) groups is 1. The number of carbonyl (C=O) groups excluding carboxylic acids is 1. The molecule has 0 fully saturated rings. The van der Waals surface area contributed by atoms with Crippen molar-refractivity contribution in [3.8, 4) is 11.5 Å². The molecule has 1 atom stereocenters. The summed E-state index contributed by atoms with van der Waals surface area (Å²) in [4.78, 5) is 11.9.